The van der Waals surface area contributed by atoms with Crippen molar-refractivity contribution in [2.75, 3.05) is 0 Å². The van der Waals surface area contributed by atoms with Crippen LogP contribution in [0.4, 0.5) is 4.39 Å². The Kier molecular flexibility index (Phi) is 3.50. The maximum absolute atomic E-state index is 13.2. The van der Waals surface area contributed by atoms with Crippen molar-refractivity contribution in [1.29, 1.82) is 5.26 Å². The number of benzene rings is 2. The van der Waals surface area contributed by atoms with Gasteiger partial charge in [0.2, 0.25) is 0 Å². The number of ether oxygens (including phenoxy) is 1. The first kappa shape index (κ1) is 12.4. The van der Waals surface area contributed by atoms with Crippen molar-refractivity contribution in [3.63, 3.8) is 0 Å². The summed E-state index contributed by atoms with van der Waals surface area (Å²) in [6.07, 6.45) is 0. The van der Waals surface area contributed by atoms with Crippen LogP contribution in [-0.4, -0.2) is 0 Å². The summed E-state index contributed by atoms with van der Waals surface area (Å²) >= 11 is 5.87. The Labute approximate surface area is 109 Å². The summed E-state index contributed by atoms with van der Waals surface area (Å²) in [5.41, 5.74) is 1.09. The average Bonchev–Trinajstić information content (AvgIpc) is 2.33. The van der Waals surface area contributed by atoms with Crippen LogP contribution in [0.2, 0.25) is 5.02 Å². The average molecular weight is 262 g/mol. The van der Waals surface area contributed by atoms with Gasteiger partial charge in [-0.15, -0.1) is 0 Å². The minimum absolute atomic E-state index is 0.213. The van der Waals surface area contributed by atoms with Gasteiger partial charge in [-0.25, -0.2) is 4.39 Å². The van der Waals surface area contributed by atoms with Gasteiger partial charge in [-0.05, 0) is 36.8 Å². The van der Waals surface area contributed by atoms with E-state index in [2.05, 4.69) is 0 Å². The first-order valence-electron chi connectivity index (χ1n) is 5.23. The molecule has 0 aromatic heterocycles. The van der Waals surface area contributed by atoms with Crippen LogP contribution in [0, 0.1) is 24.1 Å². The maximum atomic E-state index is 13.2. The fourth-order valence-corrected chi connectivity index (χ4v) is 1.66. The van der Waals surface area contributed by atoms with Gasteiger partial charge in [0.05, 0.1) is 11.6 Å². The summed E-state index contributed by atoms with van der Waals surface area (Å²) < 4.78 is 18.8. The molecule has 2 aromatic carbocycles. The molecule has 0 aliphatic rings. The van der Waals surface area contributed by atoms with Gasteiger partial charge < -0.3 is 4.74 Å². The number of nitriles is 1. The molecular weight excluding hydrogens is 253 g/mol. The summed E-state index contributed by atoms with van der Waals surface area (Å²) in [5.74, 6) is 0.303. The Hall–Kier alpha value is -2.05. The molecular formula is C14H9ClFNO. The van der Waals surface area contributed by atoms with Crippen LogP contribution < -0.4 is 4.74 Å². The number of rotatable bonds is 2. The molecule has 90 valence electrons. The van der Waals surface area contributed by atoms with Gasteiger partial charge in [0.1, 0.15) is 17.3 Å². The van der Waals surface area contributed by atoms with E-state index >= 15 is 0 Å². The van der Waals surface area contributed by atoms with E-state index in [1.807, 2.05) is 19.1 Å². The van der Waals surface area contributed by atoms with E-state index < -0.39 is 5.82 Å². The van der Waals surface area contributed by atoms with Crippen molar-refractivity contribution in [3.05, 3.63) is 58.4 Å². The van der Waals surface area contributed by atoms with Gasteiger partial charge in [-0.2, -0.15) is 5.26 Å². The maximum Gasteiger partial charge on any atom is 0.131 e. The summed E-state index contributed by atoms with van der Waals surface area (Å²) in [4.78, 5) is 0. The molecule has 2 nitrogen and oxygen atoms in total. The summed E-state index contributed by atoms with van der Waals surface area (Å²) in [7, 11) is 0. The van der Waals surface area contributed by atoms with Gasteiger partial charge in [0, 0.05) is 11.1 Å². The minimum atomic E-state index is -0.510. The van der Waals surface area contributed by atoms with E-state index in [0.29, 0.717) is 10.8 Å². The third-order valence-electron chi connectivity index (χ3n) is 2.38. The first-order valence-corrected chi connectivity index (χ1v) is 5.61. The number of aryl methyl sites for hydroxylation is 1. The third kappa shape index (κ3) is 2.79. The van der Waals surface area contributed by atoms with Crippen molar-refractivity contribution in [2.24, 2.45) is 0 Å². The zero-order chi connectivity index (χ0) is 13.1. The smallest absolute Gasteiger partial charge is 0.131 e. The molecule has 0 N–H and O–H groups in total. The molecule has 0 atom stereocenters. The van der Waals surface area contributed by atoms with Gasteiger partial charge in [-0.3, -0.25) is 0 Å². The predicted molar refractivity (Wildman–Crippen MR) is 67.4 cm³/mol. The zero-order valence-electron chi connectivity index (χ0n) is 9.58. The Morgan fingerprint density at radius 3 is 2.72 bits per heavy atom. The highest BCUT2D eigenvalue weighted by Gasteiger charge is 2.05. The number of halogens is 2. The molecule has 2 aromatic rings. The van der Waals surface area contributed by atoms with Crippen LogP contribution in [0.5, 0.6) is 11.5 Å². The van der Waals surface area contributed by atoms with Crippen LogP contribution in [0.25, 0.3) is 0 Å². The quantitative estimate of drug-likeness (QED) is 0.800. The lowest BCUT2D eigenvalue weighted by Gasteiger charge is -2.09. The molecule has 0 saturated heterocycles. The zero-order valence-corrected chi connectivity index (χ0v) is 10.3. The molecule has 0 amide bonds. The fraction of sp³-hybridized carbons (Fsp3) is 0.0714. The second-order valence-electron chi connectivity index (χ2n) is 3.80. The summed E-state index contributed by atoms with van der Waals surface area (Å²) in [6, 6.07) is 10.9. The van der Waals surface area contributed by atoms with Crippen molar-refractivity contribution in [3.8, 4) is 17.6 Å². The Bertz CT molecular complexity index is 634. The summed E-state index contributed by atoms with van der Waals surface area (Å²) in [5, 5.41) is 9.29. The molecule has 0 aliphatic heterocycles. The van der Waals surface area contributed by atoms with E-state index in [4.69, 9.17) is 21.6 Å². The highest BCUT2D eigenvalue weighted by atomic mass is 35.5. The van der Waals surface area contributed by atoms with E-state index in [1.165, 1.54) is 12.1 Å². The van der Waals surface area contributed by atoms with Crippen LogP contribution in [0.3, 0.4) is 0 Å². The second-order valence-corrected chi connectivity index (χ2v) is 4.24. The van der Waals surface area contributed by atoms with E-state index in [0.717, 1.165) is 11.6 Å². The van der Waals surface area contributed by atoms with Crippen molar-refractivity contribution in [2.45, 2.75) is 6.92 Å². The molecule has 0 bridgehead atoms. The lowest BCUT2D eigenvalue weighted by atomic mass is 10.2. The molecule has 18 heavy (non-hydrogen) atoms. The monoisotopic (exact) mass is 261 g/mol. The molecule has 0 saturated carbocycles. The minimum Gasteiger partial charge on any atom is -0.457 e. The molecule has 0 spiro atoms. The van der Waals surface area contributed by atoms with Crippen LogP contribution in [-0.2, 0) is 0 Å². The van der Waals surface area contributed by atoms with E-state index in [-0.39, 0.29) is 11.3 Å². The van der Waals surface area contributed by atoms with Crippen molar-refractivity contribution >= 4 is 11.6 Å². The third-order valence-corrected chi connectivity index (χ3v) is 2.61. The van der Waals surface area contributed by atoms with Gasteiger partial charge in [-0.1, -0.05) is 17.7 Å². The number of hydrogen-bond donors (Lipinski definition) is 0. The SMILES string of the molecule is Cc1ccc(Cl)cc1Oc1cc(F)cc(C#N)c1. The topological polar surface area (TPSA) is 33.0 Å². The lowest BCUT2D eigenvalue weighted by molar-refractivity contribution is 0.473. The predicted octanol–water partition coefficient (Wildman–Crippen LogP) is 4.45. The van der Waals surface area contributed by atoms with Gasteiger partial charge >= 0.3 is 0 Å². The largest absolute Gasteiger partial charge is 0.457 e. The standard InChI is InChI=1S/C14H9ClFNO/c1-9-2-3-11(15)6-14(9)18-13-5-10(8-17)4-12(16)7-13/h2-7H,1H3. The highest BCUT2D eigenvalue weighted by Crippen LogP contribution is 2.28. The Balaban J connectivity index is 2.37. The van der Waals surface area contributed by atoms with Gasteiger partial charge in [0.15, 0.2) is 0 Å². The second kappa shape index (κ2) is 5.07. The Morgan fingerprint density at radius 2 is 2.00 bits per heavy atom. The normalized spacial score (nSPS) is 9.89. The van der Waals surface area contributed by atoms with Crippen LogP contribution >= 0.6 is 11.6 Å². The molecule has 4 heteroatoms. The molecule has 0 heterocycles. The highest BCUT2D eigenvalue weighted by molar-refractivity contribution is 6.30. The first-order chi connectivity index (χ1) is 8.58. The molecule has 0 radical (unpaired) electrons. The molecule has 0 fully saturated rings. The molecule has 0 unspecified atom stereocenters. The van der Waals surface area contributed by atoms with E-state index in [1.54, 1.807) is 12.1 Å². The number of nitrogens with zero attached hydrogens (tertiary/aromatic N) is 1. The van der Waals surface area contributed by atoms with Crippen molar-refractivity contribution in [1.82, 2.24) is 0 Å². The van der Waals surface area contributed by atoms with E-state index in [9.17, 15) is 4.39 Å². The van der Waals surface area contributed by atoms with Crippen molar-refractivity contribution < 1.29 is 9.13 Å². The molecule has 0 aliphatic carbocycles. The Morgan fingerprint density at radius 1 is 1.22 bits per heavy atom. The number of hydrogen-bond acceptors (Lipinski definition) is 2. The lowest BCUT2D eigenvalue weighted by Crippen LogP contribution is -1.90. The van der Waals surface area contributed by atoms with Crippen LogP contribution in [0.15, 0.2) is 36.4 Å². The molecule has 2 rings (SSSR count). The van der Waals surface area contributed by atoms with Gasteiger partial charge in [0.25, 0.3) is 0 Å². The summed E-state index contributed by atoms with van der Waals surface area (Å²) in [6.45, 7) is 1.86. The fourth-order valence-electron chi connectivity index (χ4n) is 1.50. The van der Waals surface area contributed by atoms with Crippen LogP contribution in [0.1, 0.15) is 11.1 Å².